The number of rotatable bonds is 5. The van der Waals surface area contributed by atoms with Crippen LogP contribution in [0.1, 0.15) is 15.9 Å². The quantitative estimate of drug-likeness (QED) is 0.785. The largest absolute Gasteiger partial charge is 0.379 e. The van der Waals surface area contributed by atoms with Gasteiger partial charge in [-0.2, -0.15) is 0 Å². The van der Waals surface area contributed by atoms with Crippen LogP contribution in [-0.4, -0.2) is 56.5 Å². The van der Waals surface area contributed by atoms with Crippen molar-refractivity contribution in [3.05, 3.63) is 65.7 Å². The Bertz CT molecular complexity index is 740. The molecule has 0 aromatic heterocycles. The molecule has 1 fully saturated rings. The Hall–Kier alpha value is -2.50. The van der Waals surface area contributed by atoms with Crippen LogP contribution in [0.3, 0.4) is 0 Å². The summed E-state index contributed by atoms with van der Waals surface area (Å²) in [4.78, 5) is 29.1. The van der Waals surface area contributed by atoms with E-state index in [0.717, 1.165) is 13.1 Å². The van der Waals surface area contributed by atoms with Crippen LogP contribution in [0.5, 0.6) is 0 Å². The van der Waals surface area contributed by atoms with Crippen LogP contribution < -0.4 is 4.90 Å². The van der Waals surface area contributed by atoms with Gasteiger partial charge < -0.3 is 9.64 Å². The van der Waals surface area contributed by atoms with Crippen molar-refractivity contribution >= 4 is 17.4 Å². The van der Waals surface area contributed by atoms with E-state index in [0.29, 0.717) is 36.6 Å². The summed E-state index contributed by atoms with van der Waals surface area (Å²) in [5.41, 5.74) is 1.78. The monoisotopic (exact) mass is 338 g/mol. The van der Waals surface area contributed by atoms with E-state index in [1.54, 1.807) is 30.1 Å². The number of ether oxygens (including phenoxy) is 1. The highest BCUT2D eigenvalue weighted by molar-refractivity contribution is 6.14. The zero-order valence-corrected chi connectivity index (χ0v) is 14.4. The Balaban J connectivity index is 1.79. The summed E-state index contributed by atoms with van der Waals surface area (Å²) in [6.45, 7) is 3.14. The molecule has 25 heavy (non-hydrogen) atoms. The van der Waals surface area contributed by atoms with E-state index >= 15 is 0 Å². The zero-order valence-electron chi connectivity index (χ0n) is 14.4. The third-order valence-electron chi connectivity index (χ3n) is 4.38. The number of para-hydroxylation sites is 1. The van der Waals surface area contributed by atoms with Crippen LogP contribution in [0.2, 0.25) is 0 Å². The molecule has 1 heterocycles. The molecule has 0 saturated carbocycles. The lowest BCUT2D eigenvalue weighted by molar-refractivity contribution is -0.120. The number of hydrogen-bond donors (Lipinski definition) is 0. The van der Waals surface area contributed by atoms with Crippen LogP contribution in [0, 0.1) is 0 Å². The molecule has 0 spiro atoms. The topological polar surface area (TPSA) is 49.9 Å². The molecule has 5 heteroatoms. The van der Waals surface area contributed by atoms with Crippen LogP contribution in [0.25, 0.3) is 0 Å². The first-order valence-electron chi connectivity index (χ1n) is 8.42. The summed E-state index contributed by atoms with van der Waals surface area (Å²) in [7, 11) is 1.72. The maximum absolute atomic E-state index is 12.8. The first-order chi connectivity index (χ1) is 12.2. The van der Waals surface area contributed by atoms with Gasteiger partial charge in [0, 0.05) is 31.3 Å². The van der Waals surface area contributed by atoms with Gasteiger partial charge in [0.25, 0.3) is 0 Å². The van der Waals surface area contributed by atoms with Crippen LogP contribution in [-0.2, 0) is 9.53 Å². The maximum atomic E-state index is 12.8. The minimum Gasteiger partial charge on any atom is -0.379 e. The molecule has 1 saturated heterocycles. The second-order valence-electron chi connectivity index (χ2n) is 6.05. The molecule has 3 rings (SSSR count). The van der Waals surface area contributed by atoms with Gasteiger partial charge in [-0.15, -0.1) is 0 Å². The Kier molecular flexibility index (Phi) is 5.58. The number of carbonyl (C=O) groups excluding carboxylic acids is 2. The molecule has 2 aromatic carbocycles. The van der Waals surface area contributed by atoms with Gasteiger partial charge in [0.2, 0.25) is 5.91 Å². The predicted octanol–water partition coefficient (Wildman–Crippen LogP) is 2.21. The molecule has 130 valence electrons. The first-order valence-corrected chi connectivity index (χ1v) is 8.42. The lowest BCUT2D eigenvalue weighted by Gasteiger charge is -2.28. The van der Waals surface area contributed by atoms with E-state index in [9.17, 15) is 9.59 Å². The van der Waals surface area contributed by atoms with Crippen molar-refractivity contribution in [3.63, 3.8) is 0 Å². The highest BCUT2D eigenvalue weighted by Gasteiger charge is 2.21. The molecule has 1 aliphatic rings. The van der Waals surface area contributed by atoms with Crippen LogP contribution >= 0.6 is 0 Å². The lowest BCUT2D eigenvalue weighted by atomic mass is 10.0. The average molecular weight is 338 g/mol. The van der Waals surface area contributed by atoms with Gasteiger partial charge in [0.05, 0.1) is 25.4 Å². The number of ketones is 1. The average Bonchev–Trinajstić information content (AvgIpc) is 2.68. The third kappa shape index (κ3) is 4.13. The fourth-order valence-corrected chi connectivity index (χ4v) is 2.89. The Labute approximate surface area is 147 Å². The fraction of sp³-hybridized carbons (Fsp3) is 0.300. The summed E-state index contributed by atoms with van der Waals surface area (Å²) in [6.07, 6.45) is 0. The second kappa shape index (κ2) is 8.05. The zero-order chi connectivity index (χ0) is 17.6. The smallest absolute Gasteiger partial charge is 0.240 e. The molecule has 0 unspecified atom stereocenters. The number of amides is 1. The number of benzene rings is 2. The van der Waals surface area contributed by atoms with Gasteiger partial charge in [0.15, 0.2) is 5.78 Å². The van der Waals surface area contributed by atoms with Crippen molar-refractivity contribution in [3.8, 4) is 0 Å². The molecular formula is C20H22N2O3. The van der Waals surface area contributed by atoms with E-state index in [2.05, 4.69) is 4.90 Å². The minimum absolute atomic E-state index is 0.0322. The molecular weight excluding hydrogens is 316 g/mol. The predicted molar refractivity (Wildman–Crippen MR) is 97.0 cm³/mol. The number of nitrogens with zero attached hydrogens (tertiary/aromatic N) is 2. The highest BCUT2D eigenvalue weighted by atomic mass is 16.5. The summed E-state index contributed by atoms with van der Waals surface area (Å²) >= 11 is 0. The summed E-state index contributed by atoms with van der Waals surface area (Å²) in [5, 5.41) is 0. The Morgan fingerprint density at radius 2 is 1.64 bits per heavy atom. The van der Waals surface area contributed by atoms with Gasteiger partial charge in [-0.1, -0.05) is 42.5 Å². The molecule has 1 amide bonds. The summed E-state index contributed by atoms with van der Waals surface area (Å²) in [5.74, 6) is -0.113. The number of hydrogen-bond acceptors (Lipinski definition) is 4. The van der Waals surface area contributed by atoms with Crippen molar-refractivity contribution in [2.75, 3.05) is 44.8 Å². The molecule has 1 aliphatic heterocycles. The maximum Gasteiger partial charge on any atom is 0.240 e. The third-order valence-corrected chi connectivity index (χ3v) is 4.38. The molecule has 0 radical (unpaired) electrons. The van der Waals surface area contributed by atoms with Gasteiger partial charge >= 0.3 is 0 Å². The fourth-order valence-electron chi connectivity index (χ4n) is 2.89. The van der Waals surface area contributed by atoms with Gasteiger partial charge in [-0.05, 0) is 12.1 Å². The number of likely N-dealkylation sites (N-methyl/N-ethyl adjacent to an activating group) is 1. The molecule has 2 aromatic rings. The summed E-state index contributed by atoms with van der Waals surface area (Å²) in [6, 6.07) is 16.4. The molecule has 5 nitrogen and oxygen atoms in total. The molecule has 0 aliphatic carbocycles. The van der Waals surface area contributed by atoms with Crippen molar-refractivity contribution in [2.24, 2.45) is 0 Å². The molecule has 0 bridgehead atoms. The van der Waals surface area contributed by atoms with Gasteiger partial charge in [0.1, 0.15) is 0 Å². The van der Waals surface area contributed by atoms with E-state index in [1.807, 2.05) is 36.4 Å². The number of anilines is 1. The first kappa shape index (κ1) is 17.3. The van der Waals surface area contributed by atoms with Crippen molar-refractivity contribution < 1.29 is 14.3 Å². The standard InChI is InChI=1S/C20H22N2O3/c1-21(19(23)15-22-11-13-25-14-12-22)18-10-6-5-9-17(18)20(24)16-7-3-2-4-8-16/h2-10H,11-15H2,1H3. The van der Waals surface area contributed by atoms with Gasteiger partial charge in [-0.3, -0.25) is 14.5 Å². The molecule has 0 N–H and O–H groups in total. The SMILES string of the molecule is CN(C(=O)CN1CCOCC1)c1ccccc1C(=O)c1ccccc1. The Morgan fingerprint density at radius 1 is 1.00 bits per heavy atom. The number of carbonyl (C=O) groups is 2. The van der Waals surface area contributed by atoms with E-state index in [1.165, 1.54) is 0 Å². The minimum atomic E-state index is -0.0813. The van der Waals surface area contributed by atoms with Gasteiger partial charge in [-0.25, -0.2) is 0 Å². The molecule has 0 atom stereocenters. The van der Waals surface area contributed by atoms with Crippen molar-refractivity contribution in [1.29, 1.82) is 0 Å². The van der Waals surface area contributed by atoms with E-state index in [4.69, 9.17) is 4.74 Å². The normalized spacial score (nSPS) is 14.9. The van der Waals surface area contributed by atoms with Crippen molar-refractivity contribution in [2.45, 2.75) is 0 Å². The number of morpholine rings is 1. The highest BCUT2D eigenvalue weighted by Crippen LogP contribution is 2.22. The summed E-state index contributed by atoms with van der Waals surface area (Å²) < 4.78 is 5.31. The second-order valence-corrected chi connectivity index (χ2v) is 6.05. The Morgan fingerprint density at radius 3 is 2.36 bits per heavy atom. The van der Waals surface area contributed by atoms with Crippen LogP contribution in [0.15, 0.2) is 54.6 Å². The van der Waals surface area contributed by atoms with Crippen molar-refractivity contribution in [1.82, 2.24) is 4.90 Å². The van der Waals surface area contributed by atoms with Crippen LogP contribution in [0.4, 0.5) is 5.69 Å². The lowest BCUT2D eigenvalue weighted by Crippen LogP contribution is -2.44. The van der Waals surface area contributed by atoms with E-state index < -0.39 is 0 Å². The van der Waals surface area contributed by atoms with E-state index in [-0.39, 0.29) is 11.7 Å².